The van der Waals surface area contributed by atoms with Gasteiger partial charge in [-0.3, -0.25) is 14.5 Å². The van der Waals surface area contributed by atoms with Crippen LogP contribution in [0.1, 0.15) is 48.8 Å². The summed E-state index contributed by atoms with van der Waals surface area (Å²) < 4.78 is 13.4. The molecule has 0 radical (unpaired) electrons. The summed E-state index contributed by atoms with van der Waals surface area (Å²) in [5.74, 6) is -0.972. The monoisotopic (exact) mass is 449 g/mol. The number of carbonyl (C=O) groups is 3. The lowest BCUT2D eigenvalue weighted by Gasteiger charge is -2.32. The first-order chi connectivity index (χ1) is 15.9. The average molecular weight is 450 g/mol. The van der Waals surface area contributed by atoms with E-state index in [0.29, 0.717) is 25.8 Å². The van der Waals surface area contributed by atoms with E-state index in [1.807, 2.05) is 18.2 Å². The topological polar surface area (TPSA) is 78.5 Å². The Balaban J connectivity index is 1.25. The van der Waals surface area contributed by atoms with E-state index in [-0.39, 0.29) is 29.6 Å². The first kappa shape index (κ1) is 21.6. The van der Waals surface area contributed by atoms with Gasteiger partial charge < -0.3 is 10.6 Å². The van der Waals surface area contributed by atoms with E-state index in [9.17, 15) is 18.8 Å². The zero-order valence-corrected chi connectivity index (χ0v) is 18.5. The Kier molecular flexibility index (Phi) is 5.43. The fourth-order valence-electron chi connectivity index (χ4n) is 5.73. The van der Waals surface area contributed by atoms with E-state index >= 15 is 0 Å². The number of nitrogens with zero attached hydrogens (tertiary/aromatic N) is 1. The van der Waals surface area contributed by atoms with Crippen LogP contribution in [0.15, 0.2) is 48.5 Å². The average Bonchev–Trinajstić information content (AvgIpc) is 3.38. The molecule has 0 aromatic heterocycles. The van der Waals surface area contributed by atoms with Crippen molar-refractivity contribution in [1.29, 1.82) is 0 Å². The van der Waals surface area contributed by atoms with Crippen LogP contribution in [0.4, 0.5) is 9.18 Å². The molecule has 172 valence electrons. The number of halogens is 1. The molecule has 3 aliphatic rings. The summed E-state index contributed by atoms with van der Waals surface area (Å²) in [4.78, 5) is 39.7. The van der Waals surface area contributed by atoms with Crippen molar-refractivity contribution >= 4 is 17.8 Å². The van der Waals surface area contributed by atoms with Crippen molar-refractivity contribution < 1.29 is 18.8 Å². The predicted molar refractivity (Wildman–Crippen MR) is 121 cm³/mol. The van der Waals surface area contributed by atoms with Crippen molar-refractivity contribution in [2.45, 2.75) is 55.9 Å². The van der Waals surface area contributed by atoms with E-state index < -0.39 is 11.6 Å². The van der Waals surface area contributed by atoms with Crippen LogP contribution < -0.4 is 10.6 Å². The third-order valence-corrected chi connectivity index (χ3v) is 7.62. The molecular weight excluding hydrogens is 421 g/mol. The summed E-state index contributed by atoms with van der Waals surface area (Å²) in [6, 6.07) is 13.9. The quantitative estimate of drug-likeness (QED) is 0.688. The van der Waals surface area contributed by atoms with Gasteiger partial charge >= 0.3 is 6.03 Å². The summed E-state index contributed by atoms with van der Waals surface area (Å²) in [5.41, 5.74) is 2.06. The number of urea groups is 1. The van der Waals surface area contributed by atoms with E-state index in [4.69, 9.17) is 0 Å². The molecule has 1 spiro atoms. The molecule has 1 saturated carbocycles. The maximum Gasteiger partial charge on any atom is 0.325 e. The lowest BCUT2D eigenvalue weighted by atomic mass is 9.78. The fraction of sp³-hybridized carbons (Fsp3) is 0.423. The third kappa shape index (κ3) is 3.90. The van der Waals surface area contributed by atoms with E-state index in [1.165, 1.54) is 17.7 Å². The van der Waals surface area contributed by atoms with Crippen LogP contribution in [0.2, 0.25) is 0 Å². The molecule has 1 saturated heterocycles. The minimum absolute atomic E-state index is 0.241. The number of carbonyl (C=O) groups excluding carboxylic acids is 3. The molecule has 0 bridgehead atoms. The standard InChI is InChI=1S/C26H28FN3O3/c27-21-9-7-20(8-10-21)25(12-3-4-13-25)17-28-22(31)16-30-23(32)26(29-24(30)33)14-11-18-5-1-2-6-19(18)15-26/h1-2,5-10H,3-4,11-17H2,(H,28,31)(H,29,33). The van der Waals surface area contributed by atoms with Gasteiger partial charge in [0, 0.05) is 18.4 Å². The van der Waals surface area contributed by atoms with Gasteiger partial charge in [-0.25, -0.2) is 9.18 Å². The maximum atomic E-state index is 13.4. The normalized spacial score (nSPS) is 23.5. The summed E-state index contributed by atoms with van der Waals surface area (Å²) >= 11 is 0. The third-order valence-electron chi connectivity index (χ3n) is 7.62. The first-order valence-electron chi connectivity index (χ1n) is 11.6. The number of amides is 4. The number of hydrogen-bond donors (Lipinski definition) is 2. The second kappa shape index (κ2) is 8.28. The number of benzene rings is 2. The molecule has 5 rings (SSSR count). The number of aryl methyl sites for hydroxylation is 1. The van der Waals surface area contributed by atoms with Crippen molar-refractivity contribution in [2.24, 2.45) is 0 Å². The minimum atomic E-state index is -0.966. The van der Waals surface area contributed by atoms with Gasteiger partial charge in [-0.15, -0.1) is 0 Å². The molecular formula is C26H28FN3O3. The zero-order chi connectivity index (χ0) is 23.1. The van der Waals surface area contributed by atoms with E-state index in [0.717, 1.165) is 41.7 Å². The van der Waals surface area contributed by atoms with Crippen molar-refractivity contribution in [1.82, 2.24) is 15.5 Å². The van der Waals surface area contributed by atoms with Gasteiger partial charge in [0.1, 0.15) is 17.9 Å². The smallest absolute Gasteiger partial charge is 0.325 e. The van der Waals surface area contributed by atoms with E-state index in [1.54, 1.807) is 12.1 Å². The molecule has 6 nitrogen and oxygen atoms in total. The minimum Gasteiger partial charge on any atom is -0.354 e. The lowest BCUT2D eigenvalue weighted by molar-refractivity contribution is -0.135. The SMILES string of the molecule is O=C(CN1C(=O)NC2(CCc3ccccc3C2)C1=O)NCC1(c2ccc(F)cc2)CCCC1. The molecule has 1 aliphatic heterocycles. The van der Waals surface area contributed by atoms with E-state index in [2.05, 4.69) is 16.7 Å². The summed E-state index contributed by atoms with van der Waals surface area (Å²) in [5, 5.41) is 5.82. The second-order valence-corrected chi connectivity index (χ2v) is 9.62. The largest absolute Gasteiger partial charge is 0.354 e. The molecule has 2 aromatic rings. The van der Waals surface area contributed by atoms with Crippen LogP contribution in [-0.2, 0) is 27.8 Å². The van der Waals surface area contributed by atoms with Crippen molar-refractivity contribution in [3.8, 4) is 0 Å². The summed E-state index contributed by atoms with van der Waals surface area (Å²) in [6.07, 6.45) is 5.59. The predicted octanol–water partition coefficient (Wildman–Crippen LogP) is 3.23. The van der Waals surface area contributed by atoms with Crippen molar-refractivity contribution in [3.63, 3.8) is 0 Å². The summed E-state index contributed by atoms with van der Waals surface area (Å²) in [7, 11) is 0. The molecule has 2 aromatic carbocycles. The van der Waals surface area contributed by atoms with Crippen LogP contribution in [-0.4, -0.2) is 41.4 Å². The fourth-order valence-corrected chi connectivity index (χ4v) is 5.73. The second-order valence-electron chi connectivity index (χ2n) is 9.62. The van der Waals surface area contributed by atoms with Gasteiger partial charge in [0.2, 0.25) is 5.91 Å². The Bertz CT molecular complexity index is 1090. The van der Waals surface area contributed by atoms with Gasteiger partial charge in [0.15, 0.2) is 0 Å². The van der Waals surface area contributed by atoms with Crippen LogP contribution in [0.25, 0.3) is 0 Å². The first-order valence-corrected chi connectivity index (χ1v) is 11.6. The van der Waals surface area contributed by atoms with Crippen LogP contribution in [0, 0.1) is 5.82 Å². The lowest BCUT2D eigenvalue weighted by Crippen LogP contribution is -2.51. The Morgan fingerprint density at radius 2 is 1.70 bits per heavy atom. The van der Waals surface area contributed by atoms with Crippen molar-refractivity contribution in [2.75, 3.05) is 13.1 Å². The Labute approximate surface area is 192 Å². The Hall–Kier alpha value is -3.22. The number of imide groups is 1. The van der Waals surface area contributed by atoms with Crippen LogP contribution >= 0.6 is 0 Å². The van der Waals surface area contributed by atoms with Crippen LogP contribution in [0.5, 0.6) is 0 Å². The zero-order valence-electron chi connectivity index (χ0n) is 18.5. The number of fused-ring (bicyclic) bond motifs is 1. The maximum absolute atomic E-state index is 13.4. The molecule has 2 fully saturated rings. The Morgan fingerprint density at radius 3 is 2.42 bits per heavy atom. The van der Waals surface area contributed by atoms with Crippen LogP contribution in [0.3, 0.4) is 0 Å². The highest BCUT2D eigenvalue weighted by Crippen LogP contribution is 2.40. The molecule has 7 heteroatoms. The molecule has 1 atom stereocenters. The molecule has 1 heterocycles. The highest BCUT2D eigenvalue weighted by atomic mass is 19.1. The number of hydrogen-bond acceptors (Lipinski definition) is 3. The van der Waals surface area contributed by atoms with Gasteiger partial charge in [-0.1, -0.05) is 49.2 Å². The van der Waals surface area contributed by atoms with Crippen molar-refractivity contribution in [3.05, 3.63) is 71.0 Å². The molecule has 2 N–H and O–H groups in total. The van der Waals surface area contributed by atoms with Gasteiger partial charge in [-0.05, 0) is 54.5 Å². The van der Waals surface area contributed by atoms with Gasteiger partial charge in [-0.2, -0.15) is 0 Å². The Morgan fingerprint density at radius 1 is 1.00 bits per heavy atom. The number of rotatable bonds is 5. The van der Waals surface area contributed by atoms with Gasteiger partial charge in [0.05, 0.1) is 0 Å². The van der Waals surface area contributed by atoms with Gasteiger partial charge in [0.25, 0.3) is 5.91 Å². The molecule has 1 unspecified atom stereocenters. The number of nitrogens with one attached hydrogen (secondary N) is 2. The molecule has 4 amide bonds. The summed E-state index contributed by atoms with van der Waals surface area (Å²) in [6.45, 7) is 0.104. The molecule has 33 heavy (non-hydrogen) atoms. The highest BCUT2D eigenvalue weighted by Gasteiger charge is 2.52. The highest BCUT2D eigenvalue weighted by molar-refractivity contribution is 6.09. The molecule has 2 aliphatic carbocycles.